The molecule has 0 saturated heterocycles. The third kappa shape index (κ3) is 11.5. The highest BCUT2D eigenvalue weighted by atomic mass is 19.1. The van der Waals surface area contributed by atoms with Crippen LogP contribution in [-0.2, 0) is 22.8 Å². The molecular formula is C45H38F4N2O7. The highest BCUT2D eigenvalue weighted by molar-refractivity contribution is 6.00. The van der Waals surface area contributed by atoms with E-state index in [0.717, 1.165) is 22.9 Å². The third-order valence-corrected chi connectivity index (χ3v) is 8.60. The van der Waals surface area contributed by atoms with Crippen LogP contribution in [0.15, 0.2) is 115 Å². The predicted molar refractivity (Wildman–Crippen MR) is 209 cm³/mol. The number of rotatable bonds is 14. The predicted octanol–water partition coefficient (Wildman–Crippen LogP) is 10.1. The number of carboxylic acids is 1. The van der Waals surface area contributed by atoms with Gasteiger partial charge >= 0.3 is 5.97 Å². The van der Waals surface area contributed by atoms with Gasteiger partial charge < -0.3 is 29.3 Å². The Kier molecular flexibility index (Phi) is 14.0. The first-order chi connectivity index (χ1) is 27.7. The maximum atomic E-state index is 14.3. The summed E-state index contributed by atoms with van der Waals surface area (Å²) in [7, 11) is 0. The average Bonchev–Trinajstić information content (AvgIpc) is 3.57. The van der Waals surface area contributed by atoms with Gasteiger partial charge in [0.05, 0.1) is 16.8 Å². The monoisotopic (exact) mass is 794 g/mol. The maximum absolute atomic E-state index is 14.3. The fraction of sp³-hybridized carbons (Fsp3) is 0.156. The van der Waals surface area contributed by atoms with E-state index in [1.807, 2.05) is 13.0 Å². The number of nitrogens with one attached hydrogen (secondary N) is 1. The normalized spacial score (nSPS) is 10.6. The molecule has 5 aromatic carbocycles. The zero-order valence-electron chi connectivity index (χ0n) is 31.7. The van der Waals surface area contributed by atoms with E-state index in [1.54, 1.807) is 41.0 Å². The number of ketones is 2. The zero-order chi connectivity index (χ0) is 41.9. The van der Waals surface area contributed by atoms with Gasteiger partial charge in [-0.15, -0.1) is 0 Å². The minimum Gasteiger partial charge on any atom is -0.488 e. The smallest absolute Gasteiger partial charge is 0.335 e. The molecule has 1 heterocycles. The summed E-state index contributed by atoms with van der Waals surface area (Å²) in [6, 6.07) is 27.5. The van der Waals surface area contributed by atoms with E-state index in [9.17, 15) is 41.8 Å². The van der Waals surface area contributed by atoms with E-state index in [4.69, 9.17) is 9.47 Å². The number of halogens is 4. The number of anilines is 1. The van der Waals surface area contributed by atoms with Crippen molar-refractivity contribution in [2.24, 2.45) is 0 Å². The fourth-order valence-corrected chi connectivity index (χ4v) is 5.81. The van der Waals surface area contributed by atoms with Crippen molar-refractivity contribution >= 4 is 29.1 Å². The van der Waals surface area contributed by atoms with Crippen LogP contribution in [0.5, 0.6) is 11.5 Å². The molecule has 0 saturated carbocycles. The van der Waals surface area contributed by atoms with E-state index in [2.05, 4.69) is 5.32 Å². The summed E-state index contributed by atoms with van der Waals surface area (Å²) in [5.74, 6) is -3.05. The second kappa shape index (κ2) is 19.2. The number of aryl methyl sites for hydroxylation is 1. The number of hydrogen-bond donors (Lipinski definition) is 2. The molecule has 58 heavy (non-hydrogen) atoms. The van der Waals surface area contributed by atoms with Crippen molar-refractivity contribution in [3.63, 3.8) is 0 Å². The molecule has 0 aliphatic carbocycles. The summed E-state index contributed by atoms with van der Waals surface area (Å²) in [5, 5.41) is 12.2. The fourth-order valence-electron chi connectivity index (χ4n) is 5.81. The van der Waals surface area contributed by atoms with Crippen molar-refractivity contribution in [2.75, 3.05) is 5.32 Å². The summed E-state index contributed by atoms with van der Waals surface area (Å²) < 4.78 is 67.1. The number of aromatic nitrogens is 1. The van der Waals surface area contributed by atoms with Gasteiger partial charge in [0, 0.05) is 42.4 Å². The number of amides is 1. The molecule has 0 bridgehead atoms. The highest BCUT2D eigenvalue weighted by Gasteiger charge is 2.19. The van der Waals surface area contributed by atoms with Gasteiger partial charge in [-0.1, -0.05) is 24.3 Å². The first kappa shape index (κ1) is 42.1. The summed E-state index contributed by atoms with van der Waals surface area (Å²) in [6.07, 6.45) is 0.110. The van der Waals surface area contributed by atoms with Crippen LogP contribution >= 0.6 is 0 Å². The molecule has 1 amide bonds. The average molecular weight is 795 g/mol. The summed E-state index contributed by atoms with van der Waals surface area (Å²) in [5.41, 5.74) is 4.10. The van der Waals surface area contributed by atoms with Gasteiger partial charge in [-0.3, -0.25) is 9.59 Å². The molecule has 298 valence electrons. The molecular weight excluding hydrogens is 756 g/mol. The Morgan fingerprint density at radius 3 is 1.76 bits per heavy atom. The van der Waals surface area contributed by atoms with Gasteiger partial charge in [0.15, 0.2) is 5.78 Å². The standard InChI is InChI=1S/C27H22F2N2O4.C18H16F2O3/c1-16-3-9-25(31(16)23-12-19(27(33)34)11-22(14-23)30-17(2)32)24-13-21(29)8-10-26(24)35-15-18-4-6-20(28)7-5-18;1-12(21)2-8-17(22)16-10-15(20)7-9-18(16)23-11-13-3-5-14(19)6-4-13/h3-14H,15H2,1-2H3,(H,30,32)(H,33,34);3-7,9-10H,2,8,11H2,1H3. The molecule has 0 fully saturated rings. The van der Waals surface area contributed by atoms with Crippen molar-refractivity contribution < 1.29 is 51.3 Å². The SMILES string of the molecule is CC(=O)CCC(=O)c1cc(F)ccc1OCc1ccc(F)cc1.CC(=O)Nc1cc(C(=O)O)cc(-n2c(C)ccc2-c2cc(F)ccc2OCc2ccc(F)cc2)c1. The lowest BCUT2D eigenvalue weighted by molar-refractivity contribution is -0.117. The van der Waals surface area contributed by atoms with Gasteiger partial charge in [0.25, 0.3) is 0 Å². The van der Waals surface area contributed by atoms with Crippen LogP contribution < -0.4 is 14.8 Å². The van der Waals surface area contributed by atoms with Crippen LogP contribution in [0.1, 0.15) is 64.2 Å². The molecule has 0 aliphatic rings. The Hall–Kier alpha value is -7.02. The lowest BCUT2D eigenvalue weighted by atomic mass is 10.0. The quantitative estimate of drug-likeness (QED) is 0.0831. The molecule has 13 heteroatoms. The topological polar surface area (TPSA) is 124 Å². The van der Waals surface area contributed by atoms with Crippen molar-refractivity contribution in [1.82, 2.24) is 4.57 Å². The van der Waals surface area contributed by atoms with Gasteiger partial charge in [0.2, 0.25) is 5.91 Å². The number of aromatic carboxylic acids is 1. The Balaban J connectivity index is 0.000000242. The van der Waals surface area contributed by atoms with E-state index < -0.39 is 17.6 Å². The third-order valence-electron chi connectivity index (χ3n) is 8.60. The molecule has 2 N–H and O–H groups in total. The number of carboxylic acid groups (broad SMARTS) is 1. The molecule has 6 rings (SSSR count). The Morgan fingerprint density at radius 1 is 0.638 bits per heavy atom. The summed E-state index contributed by atoms with van der Waals surface area (Å²) in [4.78, 5) is 46.4. The first-order valence-corrected chi connectivity index (χ1v) is 17.9. The number of nitrogens with zero attached hydrogens (tertiary/aromatic N) is 1. The first-order valence-electron chi connectivity index (χ1n) is 17.9. The Labute approximate surface area is 331 Å². The largest absolute Gasteiger partial charge is 0.488 e. The van der Waals surface area contributed by atoms with Crippen molar-refractivity contribution in [3.05, 3.63) is 166 Å². The van der Waals surface area contributed by atoms with Gasteiger partial charge in [-0.2, -0.15) is 0 Å². The maximum Gasteiger partial charge on any atom is 0.335 e. The molecule has 0 unspecified atom stereocenters. The molecule has 9 nitrogen and oxygen atoms in total. The van der Waals surface area contributed by atoms with Crippen molar-refractivity contribution in [1.29, 1.82) is 0 Å². The number of ether oxygens (including phenoxy) is 2. The van der Waals surface area contributed by atoms with Crippen molar-refractivity contribution in [3.8, 4) is 28.4 Å². The van der Waals surface area contributed by atoms with Crippen LogP contribution in [0.25, 0.3) is 16.9 Å². The highest BCUT2D eigenvalue weighted by Crippen LogP contribution is 2.35. The van der Waals surface area contributed by atoms with Crippen LogP contribution in [-0.4, -0.2) is 33.1 Å². The molecule has 1 aromatic heterocycles. The number of carbonyl (C=O) groups is 4. The zero-order valence-corrected chi connectivity index (χ0v) is 31.7. The summed E-state index contributed by atoms with van der Waals surface area (Å²) >= 11 is 0. The molecule has 0 aliphatic heterocycles. The van der Waals surface area contributed by atoms with E-state index in [1.165, 1.54) is 80.6 Å². The van der Waals surface area contributed by atoms with Crippen LogP contribution in [0, 0.1) is 30.2 Å². The Bertz CT molecular complexity index is 2450. The lowest BCUT2D eigenvalue weighted by Gasteiger charge is -2.17. The Morgan fingerprint density at radius 2 is 1.19 bits per heavy atom. The second-order valence-corrected chi connectivity index (χ2v) is 13.2. The van der Waals surface area contributed by atoms with Crippen LogP contribution in [0.2, 0.25) is 0 Å². The number of Topliss-reactive ketones (excluding diaryl/α,β-unsaturated/α-hetero) is 2. The molecule has 0 radical (unpaired) electrons. The molecule has 0 spiro atoms. The lowest BCUT2D eigenvalue weighted by Crippen LogP contribution is -2.09. The van der Waals surface area contributed by atoms with Gasteiger partial charge in [-0.25, -0.2) is 22.4 Å². The molecule has 0 atom stereocenters. The minimum atomic E-state index is -1.15. The second-order valence-electron chi connectivity index (χ2n) is 13.2. The van der Waals surface area contributed by atoms with E-state index >= 15 is 0 Å². The summed E-state index contributed by atoms with van der Waals surface area (Å²) in [6.45, 7) is 4.81. The van der Waals surface area contributed by atoms with Crippen molar-refractivity contribution in [2.45, 2.75) is 46.8 Å². The number of carbonyl (C=O) groups excluding carboxylic acids is 3. The molecule has 6 aromatic rings. The van der Waals surface area contributed by atoms with Gasteiger partial charge in [0.1, 0.15) is 53.8 Å². The van der Waals surface area contributed by atoms with E-state index in [0.29, 0.717) is 28.4 Å². The van der Waals surface area contributed by atoms with E-state index in [-0.39, 0.29) is 72.0 Å². The van der Waals surface area contributed by atoms with Crippen LogP contribution in [0.4, 0.5) is 23.2 Å². The van der Waals surface area contributed by atoms with Gasteiger partial charge in [-0.05, 0) is 116 Å². The number of benzene rings is 5. The minimum absolute atomic E-state index is 0.00565. The number of hydrogen-bond acceptors (Lipinski definition) is 6. The van der Waals surface area contributed by atoms with Crippen LogP contribution in [0.3, 0.4) is 0 Å².